The Labute approximate surface area is 145 Å². The first kappa shape index (κ1) is 19.1. The number of benzene rings is 1. The summed E-state index contributed by atoms with van der Waals surface area (Å²) in [5.74, 6) is -0.472. The van der Waals surface area contributed by atoms with Crippen molar-refractivity contribution in [3.8, 4) is 0 Å². The summed E-state index contributed by atoms with van der Waals surface area (Å²) >= 11 is 0. The molecule has 0 bridgehead atoms. The van der Waals surface area contributed by atoms with Gasteiger partial charge in [0.15, 0.2) is 6.29 Å². The molecular formula is C17H25NO5S. The number of hydrogen-bond acceptors (Lipinski definition) is 5. The fraction of sp³-hybridized carbons (Fsp3) is 0.588. The molecule has 1 saturated heterocycles. The van der Waals surface area contributed by atoms with E-state index in [0.29, 0.717) is 18.8 Å². The third-order valence-corrected chi connectivity index (χ3v) is 5.05. The number of hydrogen-bond donors (Lipinski definition) is 1. The van der Waals surface area contributed by atoms with Crippen LogP contribution in [0.15, 0.2) is 24.3 Å². The number of ether oxygens (including phenoxy) is 3. The van der Waals surface area contributed by atoms with Crippen LogP contribution in [0.25, 0.3) is 0 Å². The van der Waals surface area contributed by atoms with Crippen molar-refractivity contribution < 1.29 is 23.2 Å². The van der Waals surface area contributed by atoms with E-state index in [1.807, 2.05) is 39.0 Å². The molecular weight excluding hydrogens is 330 g/mol. The van der Waals surface area contributed by atoms with Crippen LogP contribution in [0.3, 0.4) is 0 Å². The van der Waals surface area contributed by atoms with Crippen LogP contribution in [0.4, 0.5) is 0 Å². The lowest BCUT2D eigenvalue weighted by atomic mass is 10.0. The number of esters is 1. The summed E-state index contributed by atoms with van der Waals surface area (Å²) in [5, 5.41) is 0. The van der Waals surface area contributed by atoms with Gasteiger partial charge in [0.05, 0.1) is 35.6 Å². The first-order chi connectivity index (χ1) is 11.3. The molecule has 1 aromatic rings. The Kier molecular flexibility index (Phi) is 6.51. The highest BCUT2D eigenvalue weighted by Crippen LogP contribution is 2.31. The first-order valence-electron chi connectivity index (χ1n) is 8.01. The van der Waals surface area contributed by atoms with Gasteiger partial charge in [-0.2, -0.15) is 0 Å². The predicted octanol–water partition coefficient (Wildman–Crippen LogP) is 2.39. The number of carbonyl (C=O) groups excluding carboxylic acids is 1. The van der Waals surface area contributed by atoms with Crippen molar-refractivity contribution in [3.63, 3.8) is 0 Å². The minimum Gasteiger partial charge on any atom is -0.465 e. The standard InChI is InChI=1S/C17H25NO5S/c1-5-21-15(19)14(18-24(20)17(2,3)4)12-8-6-7-9-13(12)16-22-10-11-23-16/h6-9,14,16,18H,5,10-11H2,1-4H3/t14-,24?/m1/s1. The van der Waals surface area contributed by atoms with Gasteiger partial charge in [0.1, 0.15) is 6.04 Å². The summed E-state index contributed by atoms with van der Waals surface area (Å²) in [5.41, 5.74) is 1.40. The molecule has 6 nitrogen and oxygen atoms in total. The Bertz CT molecular complexity index is 593. The number of rotatable bonds is 6. The number of nitrogens with one attached hydrogen (secondary N) is 1. The molecule has 1 N–H and O–H groups in total. The molecule has 0 radical (unpaired) electrons. The molecule has 1 fully saturated rings. The van der Waals surface area contributed by atoms with Crippen molar-refractivity contribution in [2.75, 3.05) is 19.8 Å². The quantitative estimate of drug-likeness (QED) is 0.793. The third kappa shape index (κ3) is 4.63. The molecule has 134 valence electrons. The van der Waals surface area contributed by atoms with E-state index in [1.54, 1.807) is 13.0 Å². The Balaban J connectivity index is 2.36. The van der Waals surface area contributed by atoms with E-state index in [0.717, 1.165) is 5.56 Å². The molecule has 7 heteroatoms. The minimum atomic E-state index is -1.43. The average Bonchev–Trinajstić information content (AvgIpc) is 3.06. The molecule has 0 aliphatic carbocycles. The number of carbonyl (C=O) groups is 1. The van der Waals surface area contributed by atoms with Crippen LogP contribution in [0, 0.1) is 0 Å². The summed E-state index contributed by atoms with van der Waals surface area (Å²) in [6.07, 6.45) is -0.525. The van der Waals surface area contributed by atoms with Crippen molar-refractivity contribution >= 4 is 17.0 Å². The van der Waals surface area contributed by atoms with E-state index in [1.165, 1.54) is 0 Å². The summed E-state index contributed by atoms with van der Waals surface area (Å²) < 4.78 is 31.2. The molecule has 1 aliphatic rings. The molecule has 0 saturated carbocycles. The topological polar surface area (TPSA) is 73.9 Å². The smallest absolute Gasteiger partial charge is 0.328 e. The van der Waals surface area contributed by atoms with Gasteiger partial charge >= 0.3 is 5.97 Å². The monoisotopic (exact) mass is 355 g/mol. The third-order valence-electron chi connectivity index (χ3n) is 3.49. The van der Waals surface area contributed by atoms with Gasteiger partial charge in [0.25, 0.3) is 0 Å². The molecule has 1 aromatic carbocycles. The van der Waals surface area contributed by atoms with Crippen LogP contribution in [0.1, 0.15) is 51.2 Å². The maximum atomic E-state index is 12.5. The van der Waals surface area contributed by atoms with E-state index in [9.17, 15) is 9.00 Å². The molecule has 2 rings (SSSR count). The normalized spacial score (nSPS) is 18.3. The lowest BCUT2D eigenvalue weighted by Gasteiger charge is -2.25. The minimum absolute atomic E-state index is 0.248. The van der Waals surface area contributed by atoms with Gasteiger partial charge in [-0.05, 0) is 33.3 Å². The maximum absolute atomic E-state index is 12.5. The Hall–Kier alpha value is -1.28. The van der Waals surface area contributed by atoms with Gasteiger partial charge in [-0.25, -0.2) is 13.7 Å². The fourth-order valence-electron chi connectivity index (χ4n) is 2.27. The lowest BCUT2D eigenvalue weighted by molar-refractivity contribution is -0.145. The van der Waals surface area contributed by atoms with Crippen LogP contribution < -0.4 is 4.72 Å². The van der Waals surface area contributed by atoms with Crippen molar-refractivity contribution in [2.24, 2.45) is 0 Å². The molecule has 24 heavy (non-hydrogen) atoms. The van der Waals surface area contributed by atoms with Crippen LogP contribution in [-0.4, -0.2) is 34.7 Å². The van der Waals surface area contributed by atoms with Crippen LogP contribution >= 0.6 is 0 Å². The Morgan fingerprint density at radius 3 is 2.54 bits per heavy atom. The summed E-state index contributed by atoms with van der Waals surface area (Å²) in [7, 11) is -1.43. The zero-order chi connectivity index (χ0) is 17.7. The molecule has 1 aliphatic heterocycles. The van der Waals surface area contributed by atoms with Crippen molar-refractivity contribution in [1.29, 1.82) is 0 Å². The second-order valence-electron chi connectivity index (χ2n) is 6.39. The van der Waals surface area contributed by atoms with E-state index >= 15 is 0 Å². The largest absolute Gasteiger partial charge is 0.465 e. The first-order valence-corrected chi connectivity index (χ1v) is 9.16. The van der Waals surface area contributed by atoms with Crippen molar-refractivity contribution in [1.82, 2.24) is 4.72 Å². The van der Waals surface area contributed by atoms with Gasteiger partial charge in [-0.1, -0.05) is 24.3 Å². The summed E-state index contributed by atoms with van der Waals surface area (Å²) in [4.78, 5) is 12.5. The highest BCUT2D eigenvalue weighted by Gasteiger charge is 2.32. The van der Waals surface area contributed by atoms with Crippen LogP contribution in [0.2, 0.25) is 0 Å². The van der Waals surface area contributed by atoms with Gasteiger partial charge in [-0.15, -0.1) is 0 Å². The second-order valence-corrected chi connectivity index (χ2v) is 8.38. The molecule has 1 unspecified atom stereocenters. The van der Waals surface area contributed by atoms with Gasteiger partial charge < -0.3 is 14.2 Å². The van der Waals surface area contributed by atoms with Gasteiger partial charge in [0, 0.05) is 5.56 Å². The molecule has 0 aromatic heterocycles. The summed E-state index contributed by atoms with van der Waals surface area (Å²) in [6, 6.07) is 6.47. The van der Waals surface area contributed by atoms with Gasteiger partial charge in [0.2, 0.25) is 0 Å². The highest BCUT2D eigenvalue weighted by molar-refractivity contribution is 7.84. The summed E-state index contributed by atoms with van der Waals surface area (Å²) in [6.45, 7) is 8.52. The Morgan fingerprint density at radius 1 is 1.33 bits per heavy atom. The second kappa shape index (κ2) is 8.20. The van der Waals surface area contributed by atoms with Crippen molar-refractivity contribution in [2.45, 2.75) is 44.8 Å². The Morgan fingerprint density at radius 2 is 1.96 bits per heavy atom. The zero-order valence-electron chi connectivity index (χ0n) is 14.5. The highest BCUT2D eigenvalue weighted by atomic mass is 32.2. The van der Waals surface area contributed by atoms with E-state index in [4.69, 9.17) is 14.2 Å². The van der Waals surface area contributed by atoms with E-state index in [2.05, 4.69) is 4.72 Å². The average molecular weight is 355 g/mol. The molecule has 2 atom stereocenters. The lowest BCUT2D eigenvalue weighted by Crippen LogP contribution is -2.40. The van der Waals surface area contributed by atoms with Crippen molar-refractivity contribution in [3.05, 3.63) is 35.4 Å². The van der Waals surface area contributed by atoms with E-state index in [-0.39, 0.29) is 6.61 Å². The molecule has 1 heterocycles. The van der Waals surface area contributed by atoms with Crippen LogP contribution in [-0.2, 0) is 30.0 Å². The molecule has 0 spiro atoms. The van der Waals surface area contributed by atoms with Crippen LogP contribution in [0.5, 0.6) is 0 Å². The SMILES string of the molecule is CCOC(=O)[C@H](NS(=O)C(C)(C)C)c1ccccc1C1OCCO1. The zero-order valence-corrected chi connectivity index (χ0v) is 15.4. The fourth-order valence-corrected chi connectivity index (χ4v) is 3.07. The van der Waals surface area contributed by atoms with Gasteiger partial charge in [-0.3, -0.25) is 0 Å². The maximum Gasteiger partial charge on any atom is 0.328 e. The molecule has 0 amide bonds. The van der Waals surface area contributed by atoms with E-state index < -0.39 is 34.0 Å². The predicted molar refractivity (Wildman–Crippen MR) is 91.5 cm³/mol.